The monoisotopic (exact) mass is 232 g/mol. The Morgan fingerprint density at radius 2 is 2.06 bits per heavy atom. The molecule has 0 aliphatic heterocycles. The summed E-state index contributed by atoms with van der Waals surface area (Å²) in [6, 6.07) is 0. The number of alkyl halides is 1. The normalized spacial score (nSPS) is 32.1. The molecule has 0 aromatic carbocycles. The molecule has 0 bridgehead atoms. The van der Waals surface area contributed by atoms with Crippen LogP contribution >= 0.6 is 0 Å². The molecule has 94 valence electrons. The van der Waals surface area contributed by atoms with Crippen molar-refractivity contribution in [3.05, 3.63) is 0 Å². The van der Waals surface area contributed by atoms with Gasteiger partial charge >= 0.3 is 5.97 Å². The fraction of sp³-hybridized carbons (Fsp3) is 0.917. The molecule has 3 nitrogen and oxygen atoms in total. The Morgan fingerprint density at radius 3 is 2.62 bits per heavy atom. The second-order valence-corrected chi connectivity index (χ2v) is 4.59. The Morgan fingerprint density at radius 1 is 1.38 bits per heavy atom. The van der Waals surface area contributed by atoms with E-state index < -0.39 is 12.3 Å². The molecule has 1 aliphatic rings. The van der Waals surface area contributed by atoms with Crippen LogP contribution in [-0.4, -0.2) is 25.0 Å². The average molecular weight is 232 g/mol. The summed E-state index contributed by atoms with van der Waals surface area (Å²) in [6.45, 7) is 6.16. The molecule has 0 spiro atoms. The van der Waals surface area contributed by atoms with Gasteiger partial charge in [0.05, 0.1) is 12.7 Å². The van der Waals surface area contributed by atoms with Crippen molar-refractivity contribution in [2.45, 2.75) is 52.5 Å². The number of ether oxygens (including phenoxy) is 2. The lowest BCUT2D eigenvalue weighted by Crippen LogP contribution is -2.32. The van der Waals surface area contributed by atoms with Crippen LogP contribution in [0.25, 0.3) is 0 Å². The highest BCUT2D eigenvalue weighted by Gasteiger charge is 2.29. The van der Waals surface area contributed by atoms with Gasteiger partial charge in [-0.25, -0.2) is 9.18 Å². The van der Waals surface area contributed by atoms with Crippen LogP contribution in [0.4, 0.5) is 4.39 Å². The van der Waals surface area contributed by atoms with Crippen LogP contribution in [0.3, 0.4) is 0 Å². The van der Waals surface area contributed by atoms with E-state index in [1.165, 1.54) is 0 Å². The van der Waals surface area contributed by atoms with Crippen LogP contribution < -0.4 is 0 Å². The number of hydrogen-bond donors (Lipinski definition) is 0. The van der Waals surface area contributed by atoms with Gasteiger partial charge in [-0.1, -0.05) is 13.8 Å². The molecule has 1 fully saturated rings. The average Bonchev–Trinajstić information content (AvgIpc) is 2.24. The minimum absolute atomic E-state index is 0.148. The van der Waals surface area contributed by atoms with Gasteiger partial charge in [-0.05, 0) is 38.0 Å². The molecule has 0 saturated heterocycles. The van der Waals surface area contributed by atoms with E-state index >= 15 is 0 Å². The molecule has 1 saturated carbocycles. The second-order valence-electron chi connectivity index (χ2n) is 4.59. The quantitative estimate of drug-likeness (QED) is 0.699. The molecule has 0 aromatic heterocycles. The van der Waals surface area contributed by atoms with Gasteiger partial charge in [-0.2, -0.15) is 0 Å². The number of hydrogen-bond acceptors (Lipinski definition) is 3. The van der Waals surface area contributed by atoms with Crippen LogP contribution in [0.1, 0.15) is 40.0 Å². The number of halogens is 1. The molecular formula is C12H21FO3. The van der Waals surface area contributed by atoms with Crippen molar-refractivity contribution in [3.63, 3.8) is 0 Å². The van der Waals surface area contributed by atoms with Crippen LogP contribution in [-0.2, 0) is 14.3 Å². The van der Waals surface area contributed by atoms with Crippen molar-refractivity contribution in [2.75, 3.05) is 6.61 Å². The summed E-state index contributed by atoms with van der Waals surface area (Å²) in [7, 11) is 0. The summed E-state index contributed by atoms with van der Waals surface area (Å²) < 4.78 is 22.9. The molecule has 0 heterocycles. The Hall–Kier alpha value is -0.640. The van der Waals surface area contributed by atoms with E-state index in [0.29, 0.717) is 11.8 Å². The van der Waals surface area contributed by atoms with Gasteiger partial charge < -0.3 is 9.47 Å². The number of rotatable bonds is 4. The Kier molecular flexibility index (Phi) is 5.19. The van der Waals surface area contributed by atoms with Crippen LogP contribution in [0.5, 0.6) is 0 Å². The van der Waals surface area contributed by atoms with Gasteiger partial charge in [0, 0.05) is 0 Å². The highest BCUT2D eigenvalue weighted by Crippen LogP contribution is 2.31. The summed E-state index contributed by atoms with van der Waals surface area (Å²) in [5.74, 6) is 0.266. The molecular weight excluding hydrogens is 211 g/mol. The fourth-order valence-electron chi connectivity index (χ4n) is 2.05. The first kappa shape index (κ1) is 13.4. The van der Waals surface area contributed by atoms with Crippen molar-refractivity contribution in [2.24, 2.45) is 11.8 Å². The lowest BCUT2D eigenvalue weighted by atomic mass is 9.80. The molecule has 0 N–H and O–H groups in total. The zero-order valence-corrected chi connectivity index (χ0v) is 10.2. The van der Waals surface area contributed by atoms with E-state index in [-0.39, 0.29) is 12.7 Å². The van der Waals surface area contributed by atoms with Gasteiger partial charge in [0.25, 0.3) is 6.36 Å². The van der Waals surface area contributed by atoms with Crippen molar-refractivity contribution < 1.29 is 18.7 Å². The van der Waals surface area contributed by atoms with Crippen molar-refractivity contribution in [1.82, 2.24) is 0 Å². The van der Waals surface area contributed by atoms with E-state index in [4.69, 9.17) is 4.74 Å². The lowest BCUT2D eigenvalue weighted by molar-refractivity contribution is -0.179. The maximum atomic E-state index is 13.3. The predicted molar refractivity (Wildman–Crippen MR) is 58.6 cm³/mol. The highest BCUT2D eigenvalue weighted by molar-refractivity contribution is 5.72. The minimum Gasteiger partial charge on any atom is -0.462 e. The Labute approximate surface area is 96.3 Å². The van der Waals surface area contributed by atoms with E-state index in [9.17, 15) is 9.18 Å². The number of carbonyl (C=O) groups is 1. The van der Waals surface area contributed by atoms with Crippen molar-refractivity contribution >= 4 is 5.97 Å². The summed E-state index contributed by atoms with van der Waals surface area (Å²) >= 11 is 0. The summed E-state index contributed by atoms with van der Waals surface area (Å²) in [4.78, 5) is 11.0. The largest absolute Gasteiger partial charge is 0.462 e. The first-order valence-electron chi connectivity index (χ1n) is 6.00. The predicted octanol–water partition coefficient (Wildman–Crippen LogP) is 2.69. The third-order valence-electron chi connectivity index (χ3n) is 3.33. The first-order valence-corrected chi connectivity index (χ1v) is 6.00. The standard InChI is InChI=1S/C12H21FO3/c1-4-15-12(14)11(13)16-10-6-5-8(2)9(3)7-10/h8-11H,4-7H2,1-3H3. The summed E-state index contributed by atoms with van der Waals surface area (Å²) in [6.07, 6.45) is 0.601. The highest BCUT2D eigenvalue weighted by atomic mass is 19.1. The SMILES string of the molecule is CCOC(=O)C(F)OC1CCC(C)C(C)C1. The van der Waals surface area contributed by atoms with Gasteiger partial charge in [-0.3, -0.25) is 0 Å². The molecule has 1 aliphatic carbocycles. The van der Waals surface area contributed by atoms with Gasteiger partial charge in [0.2, 0.25) is 0 Å². The molecule has 4 heteroatoms. The maximum absolute atomic E-state index is 13.3. The summed E-state index contributed by atoms with van der Waals surface area (Å²) in [5.41, 5.74) is 0. The van der Waals surface area contributed by atoms with Gasteiger partial charge in [0.15, 0.2) is 0 Å². The third-order valence-corrected chi connectivity index (χ3v) is 3.33. The maximum Gasteiger partial charge on any atom is 0.368 e. The first-order chi connectivity index (χ1) is 7.54. The zero-order chi connectivity index (χ0) is 12.1. The van der Waals surface area contributed by atoms with Gasteiger partial charge in [-0.15, -0.1) is 0 Å². The second kappa shape index (κ2) is 6.18. The molecule has 0 amide bonds. The van der Waals surface area contributed by atoms with Gasteiger partial charge in [0.1, 0.15) is 0 Å². The smallest absolute Gasteiger partial charge is 0.368 e. The zero-order valence-electron chi connectivity index (χ0n) is 10.2. The minimum atomic E-state index is -1.93. The molecule has 4 atom stereocenters. The van der Waals surface area contributed by atoms with Crippen LogP contribution in [0.15, 0.2) is 0 Å². The van der Waals surface area contributed by atoms with E-state index in [1.807, 2.05) is 0 Å². The Balaban J connectivity index is 2.34. The molecule has 16 heavy (non-hydrogen) atoms. The Bertz CT molecular complexity index is 232. The lowest BCUT2D eigenvalue weighted by Gasteiger charge is -2.32. The number of esters is 1. The molecule has 0 aromatic rings. The van der Waals surface area contributed by atoms with E-state index in [0.717, 1.165) is 19.3 Å². The van der Waals surface area contributed by atoms with Crippen LogP contribution in [0.2, 0.25) is 0 Å². The van der Waals surface area contributed by atoms with Crippen molar-refractivity contribution in [1.29, 1.82) is 0 Å². The molecule has 1 rings (SSSR count). The van der Waals surface area contributed by atoms with Crippen molar-refractivity contribution in [3.8, 4) is 0 Å². The molecule has 0 radical (unpaired) electrons. The van der Waals surface area contributed by atoms with E-state index in [1.54, 1.807) is 6.92 Å². The summed E-state index contributed by atoms with van der Waals surface area (Å²) in [5, 5.41) is 0. The van der Waals surface area contributed by atoms with Crippen LogP contribution in [0, 0.1) is 11.8 Å². The molecule has 4 unspecified atom stereocenters. The topological polar surface area (TPSA) is 35.5 Å². The number of carbonyl (C=O) groups excluding carboxylic acids is 1. The van der Waals surface area contributed by atoms with E-state index in [2.05, 4.69) is 18.6 Å². The third kappa shape index (κ3) is 3.74. The fourth-order valence-corrected chi connectivity index (χ4v) is 2.05.